The fourth-order valence-electron chi connectivity index (χ4n) is 4.60. The van der Waals surface area contributed by atoms with Crippen LogP contribution in [0.25, 0.3) is 11.1 Å². The highest BCUT2D eigenvalue weighted by atomic mass is 32.1. The smallest absolute Gasteiger partial charge is 0.252 e. The monoisotopic (exact) mass is 451 g/mol. The molecule has 0 bridgehead atoms. The van der Waals surface area contributed by atoms with Crippen molar-refractivity contribution in [1.29, 1.82) is 0 Å². The van der Waals surface area contributed by atoms with E-state index in [1.807, 2.05) is 42.6 Å². The highest BCUT2D eigenvalue weighted by Gasteiger charge is 2.28. The lowest BCUT2D eigenvalue weighted by Gasteiger charge is -2.28. The van der Waals surface area contributed by atoms with Crippen LogP contribution in [-0.2, 0) is 4.79 Å². The third-order valence-corrected chi connectivity index (χ3v) is 6.93. The summed E-state index contributed by atoms with van der Waals surface area (Å²) in [6.07, 6.45) is 8.18. The third kappa shape index (κ3) is 5.10. The topological polar surface area (TPSA) is 73.2 Å². The molecule has 1 fully saturated rings. The molecule has 0 saturated heterocycles. The van der Waals surface area contributed by atoms with Crippen molar-refractivity contribution in [3.63, 3.8) is 0 Å². The number of pyridine rings is 1. The van der Waals surface area contributed by atoms with Crippen molar-refractivity contribution in [3.8, 4) is 16.9 Å². The van der Waals surface area contributed by atoms with E-state index in [0.717, 1.165) is 35.4 Å². The molecule has 3 aromatic rings. The van der Waals surface area contributed by atoms with E-state index < -0.39 is 6.04 Å². The fraction of sp³-hybridized carbons (Fsp3) is 0.400. The summed E-state index contributed by atoms with van der Waals surface area (Å²) in [6.45, 7) is 1.90. The zero-order valence-corrected chi connectivity index (χ0v) is 19.4. The third-order valence-electron chi connectivity index (χ3n) is 6.24. The number of thiazole rings is 1. The van der Waals surface area contributed by atoms with Crippen LogP contribution in [0.4, 0.5) is 5.13 Å². The summed E-state index contributed by atoms with van der Waals surface area (Å²) >= 11 is 1.38. The van der Waals surface area contributed by atoms with Crippen LogP contribution in [-0.4, -0.2) is 22.6 Å². The van der Waals surface area contributed by atoms with Crippen LogP contribution in [0.2, 0.25) is 0 Å². The second-order valence-corrected chi connectivity index (χ2v) is 9.30. The zero-order valence-electron chi connectivity index (χ0n) is 18.5. The first kappa shape index (κ1) is 22.3. The summed E-state index contributed by atoms with van der Waals surface area (Å²) in [6, 6.07) is 10.7. The van der Waals surface area contributed by atoms with E-state index in [0.29, 0.717) is 17.5 Å². The average Bonchev–Trinajstić information content (AvgIpc) is 3.31. The largest absolute Gasteiger partial charge is 0.497 e. The van der Waals surface area contributed by atoms with Gasteiger partial charge in [-0.15, -0.1) is 11.3 Å². The average molecular weight is 452 g/mol. The Morgan fingerprint density at radius 3 is 2.56 bits per heavy atom. The molecule has 2 aromatic heterocycles. The van der Waals surface area contributed by atoms with Gasteiger partial charge in [-0.1, -0.05) is 44.2 Å². The highest BCUT2D eigenvalue weighted by Crippen LogP contribution is 2.32. The lowest BCUT2D eigenvalue weighted by Crippen LogP contribution is -2.36. The molecule has 2 heterocycles. The number of anilines is 1. The fourth-order valence-corrected chi connectivity index (χ4v) is 5.14. The molecular weight excluding hydrogens is 422 g/mol. The van der Waals surface area contributed by atoms with Gasteiger partial charge in [0, 0.05) is 23.3 Å². The molecule has 168 valence electrons. The van der Waals surface area contributed by atoms with Gasteiger partial charge < -0.3 is 14.6 Å². The number of nitrogens with zero attached hydrogens (tertiary/aromatic N) is 2. The lowest BCUT2D eigenvalue weighted by molar-refractivity contribution is -0.120. The second kappa shape index (κ2) is 10.1. The minimum absolute atomic E-state index is 0.161. The van der Waals surface area contributed by atoms with Crippen LogP contribution in [0.3, 0.4) is 0 Å². The Morgan fingerprint density at radius 1 is 1.19 bits per heavy atom. The van der Waals surface area contributed by atoms with E-state index in [-0.39, 0.29) is 11.5 Å². The molecule has 1 aliphatic rings. The number of benzene rings is 1. The van der Waals surface area contributed by atoms with E-state index in [1.165, 1.54) is 30.6 Å². The van der Waals surface area contributed by atoms with E-state index >= 15 is 0 Å². The Morgan fingerprint density at radius 2 is 1.94 bits per heavy atom. The summed E-state index contributed by atoms with van der Waals surface area (Å²) in [5.41, 5.74) is 2.39. The van der Waals surface area contributed by atoms with Crippen molar-refractivity contribution >= 4 is 22.4 Å². The van der Waals surface area contributed by atoms with Crippen molar-refractivity contribution < 1.29 is 9.53 Å². The van der Waals surface area contributed by atoms with E-state index in [4.69, 9.17) is 4.74 Å². The molecule has 1 atom stereocenters. The van der Waals surface area contributed by atoms with Crippen LogP contribution in [0.1, 0.15) is 50.3 Å². The SMILES string of the molecule is COc1ccc(-c2cc(C)n([C@@H](CC3CCCCC3)C(=O)Nc3nccs3)c(=O)c2)cc1. The first-order valence-electron chi connectivity index (χ1n) is 11.1. The molecule has 0 radical (unpaired) electrons. The molecular formula is C25H29N3O3S. The maximum atomic E-state index is 13.3. The molecule has 6 nitrogen and oxygen atoms in total. The maximum Gasteiger partial charge on any atom is 0.252 e. The summed E-state index contributed by atoms with van der Waals surface area (Å²) in [5.74, 6) is 1.04. The number of rotatable bonds is 7. The number of hydrogen-bond donors (Lipinski definition) is 1. The van der Waals surface area contributed by atoms with Crippen LogP contribution >= 0.6 is 11.3 Å². The number of amides is 1. The van der Waals surface area contributed by atoms with Gasteiger partial charge >= 0.3 is 0 Å². The summed E-state index contributed by atoms with van der Waals surface area (Å²) in [4.78, 5) is 30.8. The van der Waals surface area contributed by atoms with Gasteiger partial charge in [-0.3, -0.25) is 9.59 Å². The van der Waals surface area contributed by atoms with Crippen molar-refractivity contribution in [3.05, 3.63) is 64.0 Å². The first-order valence-corrected chi connectivity index (χ1v) is 12.0. The molecule has 1 amide bonds. The maximum absolute atomic E-state index is 13.3. The van der Waals surface area contributed by atoms with Crippen molar-refractivity contribution in [2.75, 3.05) is 12.4 Å². The molecule has 1 aliphatic carbocycles. The van der Waals surface area contributed by atoms with Gasteiger partial charge in [0.2, 0.25) is 5.91 Å². The standard InChI is InChI=1S/C25H29N3O3S/c1-17-14-20(19-8-10-21(31-2)11-9-19)16-23(29)28(17)22(15-18-6-4-3-5-7-18)24(30)27-25-26-12-13-32-25/h8-14,16,18,22H,3-7,15H2,1-2H3,(H,26,27,30)/t22-/m0/s1. The Labute approximate surface area is 192 Å². The Kier molecular flexibility index (Phi) is 7.05. The zero-order chi connectivity index (χ0) is 22.5. The van der Waals surface area contributed by atoms with Crippen molar-refractivity contribution in [2.24, 2.45) is 5.92 Å². The first-order chi connectivity index (χ1) is 15.5. The molecule has 1 aromatic carbocycles. The van der Waals surface area contributed by atoms with Crippen molar-refractivity contribution in [2.45, 2.75) is 51.5 Å². The van der Waals surface area contributed by atoms with Gasteiger partial charge in [0.25, 0.3) is 5.56 Å². The molecule has 0 unspecified atom stereocenters. The van der Waals surface area contributed by atoms with Gasteiger partial charge in [-0.05, 0) is 48.6 Å². The summed E-state index contributed by atoms with van der Waals surface area (Å²) in [5, 5.41) is 5.30. The molecule has 0 spiro atoms. The van der Waals surface area contributed by atoms with Gasteiger partial charge in [0.1, 0.15) is 11.8 Å². The molecule has 32 heavy (non-hydrogen) atoms. The van der Waals surface area contributed by atoms with E-state index in [9.17, 15) is 9.59 Å². The number of hydrogen-bond acceptors (Lipinski definition) is 5. The lowest BCUT2D eigenvalue weighted by atomic mass is 9.84. The van der Waals surface area contributed by atoms with Crippen molar-refractivity contribution in [1.82, 2.24) is 9.55 Å². The quantitative estimate of drug-likeness (QED) is 0.519. The molecule has 0 aliphatic heterocycles. The predicted octanol–water partition coefficient (Wildman–Crippen LogP) is 5.44. The number of carbonyl (C=O) groups is 1. The van der Waals surface area contributed by atoms with Gasteiger partial charge in [0.05, 0.1) is 7.11 Å². The van der Waals surface area contributed by atoms with E-state index in [2.05, 4.69) is 10.3 Å². The minimum Gasteiger partial charge on any atom is -0.497 e. The van der Waals surface area contributed by atoms with Gasteiger partial charge in [-0.2, -0.15) is 0 Å². The summed E-state index contributed by atoms with van der Waals surface area (Å²) in [7, 11) is 1.63. The number of aromatic nitrogens is 2. The van der Waals surface area contributed by atoms with Crippen LogP contribution < -0.4 is 15.6 Å². The highest BCUT2D eigenvalue weighted by molar-refractivity contribution is 7.13. The van der Waals surface area contributed by atoms with E-state index in [1.54, 1.807) is 23.9 Å². The minimum atomic E-state index is -0.556. The number of carbonyl (C=O) groups excluding carboxylic acids is 1. The van der Waals surface area contributed by atoms with Crippen LogP contribution in [0.15, 0.2) is 52.8 Å². The number of methoxy groups -OCH3 is 1. The van der Waals surface area contributed by atoms with Gasteiger partial charge in [-0.25, -0.2) is 4.98 Å². The molecule has 1 N–H and O–H groups in total. The van der Waals surface area contributed by atoms with Gasteiger partial charge in [0.15, 0.2) is 5.13 Å². The summed E-state index contributed by atoms with van der Waals surface area (Å²) < 4.78 is 6.89. The predicted molar refractivity (Wildman–Crippen MR) is 128 cm³/mol. The van der Waals surface area contributed by atoms with Crippen LogP contribution in [0.5, 0.6) is 5.75 Å². The van der Waals surface area contributed by atoms with Crippen LogP contribution in [0, 0.1) is 12.8 Å². The number of ether oxygens (including phenoxy) is 1. The Hall–Kier alpha value is -2.93. The number of nitrogens with one attached hydrogen (secondary N) is 1. The normalized spacial score (nSPS) is 15.3. The molecule has 4 rings (SSSR count). The molecule has 1 saturated carbocycles. The Balaban J connectivity index is 1.66. The molecule has 7 heteroatoms. The second-order valence-electron chi connectivity index (χ2n) is 8.40. The Bertz CT molecular complexity index is 1100. The number of aryl methyl sites for hydroxylation is 1.